The Bertz CT molecular complexity index is 1600. The third kappa shape index (κ3) is 4.56. The average Bonchev–Trinajstić information content (AvgIpc) is 2.85. The molecule has 0 radical (unpaired) electrons. The maximum absolute atomic E-state index is 13.0. The van der Waals surface area contributed by atoms with E-state index in [0.29, 0.717) is 16.7 Å². The van der Waals surface area contributed by atoms with Crippen LogP contribution in [-0.4, -0.2) is 5.97 Å². The van der Waals surface area contributed by atoms with Gasteiger partial charge in [-0.3, -0.25) is 4.79 Å². The number of rotatable bonds is 5. The molecule has 166 valence electrons. The van der Waals surface area contributed by atoms with Gasteiger partial charge in [-0.1, -0.05) is 42.5 Å². The van der Waals surface area contributed by atoms with Gasteiger partial charge in [-0.2, -0.15) is 0 Å². The number of hydrogen-bond donors (Lipinski definition) is 0. The van der Waals surface area contributed by atoms with Crippen LogP contribution >= 0.6 is 0 Å². The Morgan fingerprint density at radius 2 is 1.62 bits per heavy atom. The quantitative estimate of drug-likeness (QED) is 0.173. The van der Waals surface area contributed by atoms with Crippen LogP contribution in [0.3, 0.4) is 0 Å². The molecule has 0 atom stereocenters. The molecule has 1 heterocycles. The van der Waals surface area contributed by atoms with Crippen LogP contribution in [0.25, 0.3) is 27.8 Å². The van der Waals surface area contributed by atoms with Gasteiger partial charge in [0.25, 0.3) is 0 Å². The Kier molecular flexibility index (Phi) is 5.62. The number of ether oxygens (including phenoxy) is 2. The Morgan fingerprint density at radius 3 is 2.44 bits per heavy atom. The van der Waals surface area contributed by atoms with Crippen LogP contribution in [0.1, 0.15) is 5.56 Å². The van der Waals surface area contributed by atoms with Crippen LogP contribution < -0.4 is 14.9 Å². The predicted octanol–water partition coefficient (Wildman–Crippen LogP) is 6.50. The van der Waals surface area contributed by atoms with Gasteiger partial charge in [-0.05, 0) is 58.8 Å². The molecule has 0 N–H and O–H groups in total. The third-order valence-corrected chi connectivity index (χ3v) is 5.16. The van der Waals surface area contributed by atoms with E-state index in [1.54, 1.807) is 18.2 Å². The van der Waals surface area contributed by atoms with Crippen LogP contribution in [0.5, 0.6) is 17.2 Å². The average molecular weight is 452 g/mol. The van der Waals surface area contributed by atoms with Gasteiger partial charge < -0.3 is 13.9 Å². The summed E-state index contributed by atoms with van der Waals surface area (Å²) in [4.78, 5) is 25.0. The number of carbonyl (C=O) groups excluding carboxylic acids is 1. The number of halogens is 1. The van der Waals surface area contributed by atoms with Gasteiger partial charge in [0.1, 0.15) is 29.2 Å². The molecule has 1 aromatic heterocycles. The molecule has 34 heavy (non-hydrogen) atoms. The standard InChI is InChI=1S/C28H17FO5/c29-21-9-5-18(6-10-21)7-14-27(30)34-23-12-13-24-25(16-23)32-17-26(28(24)31)33-22-11-8-19-3-1-2-4-20(19)15-22/h1-17H/b14-7+. The molecule has 0 amide bonds. The lowest BCUT2D eigenvalue weighted by atomic mass is 10.1. The highest BCUT2D eigenvalue weighted by atomic mass is 19.1. The van der Waals surface area contributed by atoms with Crippen molar-refractivity contribution in [2.45, 2.75) is 0 Å². The molecule has 5 rings (SSSR count). The maximum atomic E-state index is 13.0. The number of esters is 1. The van der Waals surface area contributed by atoms with Gasteiger partial charge in [0.05, 0.1) is 5.39 Å². The first-order valence-electron chi connectivity index (χ1n) is 10.4. The molecule has 5 aromatic rings. The number of benzene rings is 4. The van der Waals surface area contributed by atoms with E-state index in [4.69, 9.17) is 13.9 Å². The highest BCUT2D eigenvalue weighted by Crippen LogP contribution is 2.26. The molecule has 0 aliphatic rings. The summed E-state index contributed by atoms with van der Waals surface area (Å²) in [6.45, 7) is 0. The largest absolute Gasteiger partial charge is 0.460 e. The molecular formula is C28H17FO5. The fourth-order valence-corrected chi connectivity index (χ4v) is 3.47. The molecule has 0 spiro atoms. The summed E-state index contributed by atoms with van der Waals surface area (Å²) in [5.41, 5.74) is 0.564. The maximum Gasteiger partial charge on any atom is 0.336 e. The highest BCUT2D eigenvalue weighted by Gasteiger charge is 2.11. The van der Waals surface area contributed by atoms with Gasteiger partial charge in [0, 0.05) is 12.1 Å². The lowest BCUT2D eigenvalue weighted by Crippen LogP contribution is -2.06. The Hall–Kier alpha value is -4.71. The minimum absolute atomic E-state index is 0.0507. The van der Waals surface area contributed by atoms with E-state index in [2.05, 4.69) is 0 Å². The molecular weight excluding hydrogens is 435 g/mol. The minimum atomic E-state index is -0.623. The number of hydrogen-bond acceptors (Lipinski definition) is 5. The molecule has 0 saturated heterocycles. The van der Waals surface area contributed by atoms with E-state index in [1.165, 1.54) is 48.7 Å². The first-order valence-corrected chi connectivity index (χ1v) is 10.4. The van der Waals surface area contributed by atoms with Crippen LogP contribution in [0.2, 0.25) is 0 Å². The molecule has 0 bridgehead atoms. The topological polar surface area (TPSA) is 65.7 Å². The molecule has 0 aliphatic carbocycles. The summed E-state index contributed by atoms with van der Waals surface area (Å²) in [5.74, 6) is -0.198. The summed E-state index contributed by atoms with van der Waals surface area (Å²) in [6, 6.07) is 23.5. The molecule has 0 aliphatic heterocycles. The second-order valence-corrected chi connectivity index (χ2v) is 7.50. The van der Waals surface area contributed by atoms with Crippen molar-refractivity contribution < 1.29 is 23.1 Å². The Labute approximate surface area is 193 Å². The summed E-state index contributed by atoms with van der Waals surface area (Å²) < 4.78 is 29.6. The number of fused-ring (bicyclic) bond motifs is 2. The fourth-order valence-electron chi connectivity index (χ4n) is 3.47. The Balaban J connectivity index is 1.33. The van der Waals surface area contributed by atoms with Gasteiger partial charge in [-0.15, -0.1) is 0 Å². The predicted molar refractivity (Wildman–Crippen MR) is 128 cm³/mol. The SMILES string of the molecule is O=C(/C=C/c1ccc(F)cc1)Oc1ccc2c(=O)c(Oc3ccc4ccccc4c3)coc2c1. The van der Waals surface area contributed by atoms with Crippen molar-refractivity contribution in [3.05, 3.63) is 119 Å². The summed E-state index contributed by atoms with van der Waals surface area (Å²) in [7, 11) is 0. The van der Waals surface area contributed by atoms with E-state index in [9.17, 15) is 14.0 Å². The second kappa shape index (κ2) is 9.03. The Morgan fingerprint density at radius 1 is 0.853 bits per heavy atom. The first kappa shape index (κ1) is 21.2. The normalized spacial score (nSPS) is 11.2. The van der Waals surface area contributed by atoms with Crippen LogP contribution in [0.15, 0.2) is 106 Å². The lowest BCUT2D eigenvalue weighted by molar-refractivity contribution is -0.128. The molecule has 0 saturated carbocycles. The zero-order valence-corrected chi connectivity index (χ0v) is 17.7. The minimum Gasteiger partial charge on any atom is -0.460 e. The van der Waals surface area contributed by atoms with Gasteiger partial charge in [-0.25, -0.2) is 9.18 Å². The van der Waals surface area contributed by atoms with E-state index < -0.39 is 5.97 Å². The van der Waals surface area contributed by atoms with Crippen LogP contribution in [0, 0.1) is 5.82 Å². The van der Waals surface area contributed by atoms with Crippen LogP contribution in [-0.2, 0) is 4.79 Å². The monoisotopic (exact) mass is 452 g/mol. The fraction of sp³-hybridized carbons (Fsp3) is 0. The summed E-state index contributed by atoms with van der Waals surface area (Å²) in [6.07, 6.45) is 3.98. The van der Waals surface area contributed by atoms with E-state index in [-0.39, 0.29) is 28.3 Å². The van der Waals surface area contributed by atoms with Crippen molar-refractivity contribution >= 4 is 33.8 Å². The van der Waals surface area contributed by atoms with Gasteiger partial charge >= 0.3 is 5.97 Å². The molecule has 0 unspecified atom stereocenters. The number of carbonyl (C=O) groups is 1. The van der Waals surface area contributed by atoms with Gasteiger partial charge in [0.15, 0.2) is 0 Å². The first-order chi connectivity index (χ1) is 16.5. The zero-order chi connectivity index (χ0) is 23.5. The van der Waals surface area contributed by atoms with Crippen molar-refractivity contribution in [1.82, 2.24) is 0 Å². The van der Waals surface area contributed by atoms with E-state index >= 15 is 0 Å². The molecule has 6 heteroatoms. The second-order valence-electron chi connectivity index (χ2n) is 7.50. The summed E-state index contributed by atoms with van der Waals surface area (Å²) in [5, 5.41) is 2.35. The van der Waals surface area contributed by atoms with Crippen molar-refractivity contribution in [3.8, 4) is 17.2 Å². The zero-order valence-electron chi connectivity index (χ0n) is 17.7. The van der Waals surface area contributed by atoms with Crippen molar-refractivity contribution in [2.75, 3.05) is 0 Å². The smallest absolute Gasteiger partial charge is 0.336 e. The van der Waals surface area contributed by atoms with Crippen molar-refractivity contribution in [3.63, 3.8) is 0 Å². The lowest BCUT2D eigenvalue weighted by Gasteiger charge is -2.07. The van der Waals surface area contributed by atoms with Crippen molar-refractivity contribution in [1.29, 1.82) is 0 Å². The third-order valence-electron chi connectivity index (χ3n) is 5.16. The molecule has 5 nitrogen and oxygen atoms in total. The van der Waals surface area contributed by atoms with Crippen molar-refractivity contribution in [2.24, 2.45) is 0 Å². The van der Waals surface area contributed by atoms with Crippen LogP contribution in [0.4, 0.5) is 4.39 Å². The molecule has 0 fully saturated rings. The van der Waals surface area contributed by atoms with E-state index in [0.717, 1.165) is 10.8 Å². The van der Waals surface area contributed by atoms with E-state index in [1.807, 2.05) is 36.4 Å². The molecule has 4 aromatic carbocycles. The van der Waals surface area contributed by atoms with Gasteiger partial charge in [0.2, 0.25) is 11.2 Å². The highest BCUT2D eigenvalue weighted by molar-refractivity contribution is 5.89. The summed E-state index contributed by atoms with van der Waals surface area (Å²) >= 11 is 0.